The fraction of sp³-hybridized carbons (Fsp3) is 0.615. The van der Waals surface area contributed by atoms with Crippen molar-refractivity contribution in [1.82, 2.24) is 4.98 Å². The quantitative estimate of drug-likeness (QED) is 0.803. The Hall–Kier alpha value is -1.09. The first kappa shape index (κ1) is 11.4. The number of anilines is 1. The molecule has 1 aliphatic rings. The SMILES string of the molecule is CC1CCCC(C(N)c2cccnc2N)C1. The lowest BCUT2D eigenvalue weighted by molar-refractivity contribution is 0.248. The Bertz CT molecular complexity index is 351. The van der Waals surface area contributed by atoms with Gasteiger partial charge in [0.05, 0.1) is 0 Å². The monoisotopic (exact) mass is 219 g/mol. The minimum Gasteiger partial charge on any atom is -0.383 e. The molecule has 1 aliphatic carbocycles. The van der Waals surface area contributed by atoms with Crippen molar-refractivity contribution in [3.05, 3.63) is 23.9 Å². The van der Waals surface area contributed by atoms with Gasteiger partial charge in [-0.05, 0) is 30.7 Å². The number of rotatable bonds is 2. The number of aromatic nitrogens is 1. The average molecular weight is 219 g/mol. The van der Waals surface area contributed by atoms with Gasteiger partial charge in [0.25, 0.3) is 0 Å². The smallest absolute Gasteiger partial charge is 0.128 e. The Balaban J connectivity index is 2.12. The summed E-state index contributed by atoms with van der Waals surface area (Å²) in [5.74, 6) is 1.95. The third-order valence-corrected chi connectivity index (χ3v) is 3.72. The molecule has 0 spiro atoms. The lowest BCUT2D eigenvalue weighted by Gasteiger charge is -2.31. The van der Waals surface area contributed by atoms with Gasteiger partial charge in [-0.1, -0.05) is 25.8 Å². The molecule has 3 heteroatoms. The maximum absolute atomic E-state index is 6.31. The normalized spacial score (nSPS) is 27.6. The van der Waals surface area contributed by atoms with Crippen molar-refractivity contribution in [2.45, 2.75) is 38.6 Å². The van der Waals surface area contributed by atoms with Crippen LogP contribution >= 0.6 is 0 Å². The van der Waals surface area contributed by atoms with Crippen LogP contribution in [0.15, 0.2) is 18.3 Å². The zero-order valence-corrected chi connectivity index (χ0v) is 9.89. The molecule has 3 unspecified atom stereocenters. The molecule has 4 N–H and O–H groups in total. The summed E-state index contributed by atoms with van der Waals surface area (Å²) < 4.78 is 0. The van der Waals surface area contributed by atoms with E-state index < -0.39 is 0 Å². The van der Waals surface area contributed by atoms with E-state index in [2.05, 4.69) is 11.9 Å². The fourth-order valence-corrected chi connectivity index (χ4v) is 2.77. The number of nitrogens with two attached hydrogens (primary N) is 2. The highest BCUT2D eigenvalue weighted by Gasteiger charge is 2.26. The predicted molar refractivity (Wildman–Crippen MR) is 66.7 cm³/mol. The molecule has 0 amide bonds. The first-order chi connectivity index (χ1) is 7.68. The van der Waals surface area contributed by atoms with Crippen LogP contribution in [0, 0.1) is 11.8 Å². The summed E-state index contributed by atoms with van der Waals surface area (Å²) in [6.07, 6.45) is 6.79. The molecule has 88 valence electrons. The van der Waals surface area contributed by atoms with E-state index in [-0.39, 0.29) is 6.04 Å². The second-order valence-electron chi connectivity index (χ2n) is 5.04. The summed E-state index contributed by atoms with van der Waals surface area (Å²) in [5.41, 5.74) is 13.2. The summed E-state index contributed by atoms with van der Waals surface area (Å²) in [4.78, 5) is 4.11. The van der Waals surface area contributed by atoms with Crippen molar-refractivity contribution in [2.75, 3.05) is 5.73 Å². The minimum absolute atomic E-state index is 0.0523. The van der Waals surface area contributed by atoms with Crippen LogP contribution in [0.2, 0.25) is 0 Å². The van der Waals surface area contributed by atoms with Crippen molar-refractivity contribution in [3.8, 4) is 0 Å². The summed E-state index contributed by atoms with van der Waals surface area (Å²) >= 11 is 0. The highest BCUT2D eigenvalue weighted by Crippen LogP contribution is 2.36. The first-order valence-corrected chi connectivity index (χ1v) is 6.14. The Kier molecular flexibility index (Phi) is 3.44. The van der Waals surface area contributed by atoms with Gasteiger partial charge in [-0.2, -0.15) is 0 Å². The fourth-order valence-electron chi connectivity index (χ4n) is 2.77. The van der Waals surface area contributed by atoms with E-state index in [1.54, 1.807) is 6.20 Å². The summed E-state index contributed by atoms with van der Waals surface area (Å²) in [6, 6.07) is 3.97. The second kappa shape index (κ2) is 4.83. The molecule has 1 aromatic rings. The van der Waals surface area contributed by atoms with Gasteiger partial charge in [0, 0.05) is 17.8 Å². The van der Waals surface area contributed by atoms with Crippen LogP contribution in [0.25, 0.3) is 0 Å². The molecule has 3 nitrogen and oxygen atoms in total. The van der Waals surface area contributed by atoms with Gasteiger partial charge in [0.2, 0.25) is 0 Å². The molecule has 0 radical (unpaired) electrons. The van der Waals surface area contributed by atoms with Crippen molar-refractivity contribution in [1.29, 1.82) is 0 Å². The Morgan fingerprint density at radius 3 is 2.94 bits per heavy atom. The van der Waals surface area contributed by atoms with Gasteiger partial charge in [0.15, 0.2) is 0 Å². The summed E-state index contributed by atoms with van der Waals surface area (Å²) in [5, 5.41) is 0. The average Bonchev–Trinajstić information content (AvgIpc) is 2.29. The zero-order valence-electron chi connectivity index (χ0n) is 9.89. The van der Waals surface area contributed by atoms with Crippen LogP contribution in [0.1, 0.15) is 44.2 Å². The van der Waals surface area contributed by atoms with E-state index in [1.165, 1.54) is 25.7 Å². The number of hydrogen-bond donors (Lipinski definition) is 2. The van der Waals surface area contributed by atoms with Gasteiger partial charge in [-0.15, -0.1) is 0 Å². The molecule has 0 bridgehead atoms. The highest BCUT2D eigenvalue weighted by atomic mass is 14.8. The minimum atomic E-state index is 0.0523. The van der Waals surface area contributed by atoms with E-state index in [0.717, 1.165) is 11.5 Å². The predicted octanol–water partition coefficient (Wildman–Crippen LogP) is 2.49. The Morgan fingerprint density at radius 1 is 1.44 bits per heavy atom. The van der Waals surface area contributed by atoms with Crippen LogP contribution < -0.4 is 11.5 Å². The van der Waals surface area contributed by atoms with E-state index in [1.807, 2.05) is 12.1 Å². The van der Waals surface area contributed by atoms with Gasteiger partial charge < -0.3 is 11.5 Å². The van der Waals surface area contributed by atoms with Crippen LogP contribution in [0.5, 0.6) is 0 Å². The molecule has 0 aromatic carbocycles. The third-order valence-electron chi connectivity index (χ3n) is 3.72. The molecule has 16 heavy (non-hydrogen) atoms. The van der Waals surface area contributed by atoms with Gasteiger partial charge in [0.1, 0.15) is 5.82 Å². The summed E-state index contributed by atoms with van der Waals surface area (Å²) in [6.45, 7) is 2.31. The van der Waals surface area contributed by atoms with E-state index >= 15 is 0 Å². The number of hydrogen-bond acceptors (Lipinski definition) is 3. The topological polar surface area (TPSA) is 64.9 Å². The van der Waals surface area contributed by atoms with E-state index in [4.69, 9.17) is 11.5 Å². The van der Waals surface area contributed by atoms with Crippen LogP contribution in [0.4, 0.5) is 5.82 Å². The van der Waals surface area contributed by atoms with Crippen molar-refractivity contribution < 1.29 is 0 Å². The molecule has 3 atom stereocenters. The number of nitrogen functional groups attached to an aromatic ring is 1. The second-order valence-corrected chi connectivity index (χ2v) is 5.04. The Morgan fingerprint density at radius 2 is 2.25 bits per heavy atom. The van der Waals surface area contributed by atoms with Crippen LogP contribution in [-0.4, -0.2) is 4.98 Å². The maximum Gasteiger partial charge on any atom is 0.128 e. The molecule has 1 fully saturated rings. The van der Waals surface area contributed by atoms with Gasteiger partial charge >= 0.3 is 0 Å². The van der Waals surface area contributed by atoms with Crippen LogP contribution in [-0.2, 0) is 0 Å². The molecular weight excluding hydrogens is 198 g/mol. The first-order valence-electron chi connectivity index (χ1n) is 6.14. The van der Waals surface area contributed by atoms with E-state index in [0.29, 0.717) is 11.7 Å². The third kappa shape index (κ3) is 2.35. The van der Waals surface area contributed by atoms with Gasteiger partial charge in [-0.25, -0.2) is 4.98 Å². The van der Waals surface area contributed by atoms with Crippen molar-refractivity contribution >= 4 is 5.82 Å². The molecule has 2 rings (SSSR count). The Labute approximate surface area is 97.2 Å². The van der Waals surface area contributed by atoms with Crippen molar-refractivity contribution in [3.63, 3.8) is 0 Å². The lowest BCUT2D eigenvalue weighted by Crippen LogP contribution is -2.27. The largest absolute Gasteiger partial charge is 0.383 e. The molecule has 0 saturated heterocycles. The number of nitrogens with zero attached hydrogens (tertiary/aromatic N) is 1. The highest BCUT2D eigenvalue weighted by molar-refractivity contribution is 5.40. The zero-order chi connectivity index (χ0) is 11.5. The standard InChI is InChI=1S/C13H21N3/c1-9-4-2-5-10(8-9)12(14)11-6-3-7-16-13(11)15/h3,6-7,9-10,12H,2,4-5,8,14H2,1H3,(H2,15,16). The molecule has 1 aromatic heterocycles. The van der Waals surface area contributed by atoms with Gasteiger partial charge in [-0.3, -0.25) is 0 Å². The number of pyridine rings is 1. The maximum atomic E-state index is 6.31. The molecule has 1 saturated carbocycles. The van der Waals surface area contributed by atoms with Crippen LogP contribution in [0.3, 0.4) is 0 Å². The van der Waals surface area contributed by atoms with E-state index in [9.17, 15) is 0 Å². The molecular formula is C13H21N3. The molecule has 1 heterocycles. The summed E-state index contributed by atoms with van der Waals surface area (Å²) in [7, 11) is 0. The lowest BCUT2D eigenvalue weighted by atomic mass is 9.77. The van der Waals surface area contributed by atoms with Crippen molar-refractivity contribution in [2.24, 2.45) is 17.6 Å². The molecule has 0 aliphatic heterocycles.